The molecule has 0 aliphatic carbocycles. The summed E-state index contributed by atoms with van der Waals surface area (Å²) < 4.78 is 41.4. The molecule has 3 aromatic rings. The average molecular weight is 366 g/mol. The molecule has 2 heterocycles. The van der Waals surface area contributed by atoms with Crippen molar-refractivity contribution in [2.24, 2.45) is 4.99 Å². The lowest BCUT2D eigenvalue weighted by molar-refractivity contribution is -0.137. The fraction of sp³-hybridized carbons (Fsp3) is 0.188. The molecule has 0 radical (unpaired) electrons. The Balaban J connectivity index is 2.02. The zero-order chi connectivity index (χ0) is 18.0. The lowest BCUT2D eigenvalue weighted by atomic mass is 10.2. The van der Waals surface area contributed by atoms with Crippen LogP contribution < -0.4 is 4.80 Å². The summed E-state index contributed by atoms with van der Waals surface area (Å²) in [5.41, 5.74) is -0.232. The summed E-state index contributed by atoms with van der Waals surface area (Å²) in [6.45, 7) is 1.80. The minimum atomic E-state index is -4.39. The summed E-state index contributed by atoms with van der Waals surface area (Å²) in [5.74, 6) is -0.381. The quantitative estimate of drug-likeness (QED) is 0.715. The van der Waals surface area contributed by atoms with Gasteiger partial charge in [0.05, 0.1) is 12.1 Å². The van der Waals surface area contributed by atoms with E-state index in [1.165, 1.54) is 30.4 Å². The van der Waals surface area contributed by atoms with Gasteiger partial charge in [-0.25, -0.2) is 0 Å². The summed E-state index contributed by atoms with van der Waals surface area (Å²) >= 11 is 1.28. The number of thiazole rings is 1. The third-order valence-corrected chi connectivity index (χ3v) is 4.27. The van der Waals surface area contributed by atoms with Crippen molar-refractivity contribution in [2.45, 2.75) is 19.6 Å². The monoisotopic (exact) mass is 366 g/mol. The normalized spacial score (nSPS) is 12.6. The van der Waals surface area contributed by atoms with Crippen LogP contribution in [-0.2, 0) is 17.5 Å². The molecule has 0 saturated carbocycles. The van der Waals surface area contributed by atoms with Crippen molar-refractivity contribution in [3.05, 3.63) is 64.2 Å². The Morgan fingerprint density at radius 1 is 1.28 bits per heavy atom. The van der Waals surface area contributed by atoms with Crippen molar-refractivity contribution in [1.82, 2.24) is 14.3 Å². The Kier molecular flexibility index (Phi) is 4.58. The van der Waals surface area contributed by atoms with Crippen molar-refractivity contribution < 1.29 is 18.0 Å². The summed E-state index contributed by atoms with van der Waals surface area (Å²) in [6, 6.07) is 6.51. The van der Waals surface area contributed by atoms with Crippen LogP contribution in [0.15, 0.2) is 53.9 Å². The maximum atomic E-state index is 12.7. The van der Waals surface area contributed by atoms with Gasteiger partial charge in [0.1, 0.15) is 0 Å². The van der Waals surface area contributed by atoms with Gasteiger partial charge < -0.3 is 0 Å². The van der Waals surface area contributed by atoms with Crippen molar-refractivity contribution in [2.75, 3.05) is 0 Å². The molecular weight excluding hydrogens is 353 g/mol. The molecule has 130 valence electrons. The molecule has 1 aromatic carbocycles. The number of rotatable bonds is 3. The standard InChI is InChI=1S/C16H13F3N4OS/c1-11(24)21-15-23(10-14(25-15)9-22-8-2-7-20-22)13-5-3-12(4-6-13)16(17,18)19/h2-8,10H,9H2,1H3/b21-15-. The molecule has 9 heteroatoms. The summed E-state index contributed by atoms with van der Waals surface area (Å²) in [5, 5.41) is 4.11. The number of alkyl halides is 3. The molecule has 25 heavy (non-hydrogen) atoms. The second kappa shape index (κ2) is 6.67. The number of carbonyl (C=O) groups is 1. The highest BCUT2D eigenvalue weighted by molar-refractivity contribution is 7.09. The molecule has 0 fully saturated rings. The van der Waals surface area contributed by atoms with E-state index in [1.54, 1.807) is 33.9 Å². The van der Waals surface area contributed by atoms with E-state index in [4.69, 9.17) is 0 Å². The van der Waals surface area contributed by atoms with Crippen LogP contribution in [-0.4, -0.2) is 20.3 Å². The van der Waals surface area contributed by atoms with Crippen LogP contribution in [0.2, 0.25) is 0 Å². The highest BCUT2D eigenvalue weighted by Gasteiger charge is 2.30. The minimum Gasteiger partial charge on any atom is -0.292 e. The molecule has 1 amide bonds. The van der Waals surface area contributed by atoms with E-state index in [1.807, 2.05) is 0 Å². The smallest absolute Gasteiger partial charge is 0.292 e. The Morgan fingerprint density at radius 2 is 2.00 bits per heavy atom. The van der Waals surface area contributed by atoms with E-state index < -0.39 is 11.7 Å². The van der Waals surface area contributed by atoms with Crippen LogP contribution in [0.25, 0.3) is 5.69 Å². The minimum absolute atomic E-state index is 0.381. The highest BCUT2D eigenvalue weighted by Crippen LogP contribution is 2.29. The maximum absolute atomic E-state index is 12.7. The Bertz CT molecular complexity index is 937. The first-order chi connectivity index (χ1) is 11.8. The Labute approximate surface area is 144 Å². The number of amides is 1. The number of hydrogen-bond acceptors (Lipinski definition) is 3. The molecule has 0 aliphatic heterocycles. The number of nitrogens with zero attached hydrogens (tertiary/aromatic N) is 4. The van der Waals surface area contributed by atoms with Crippen LogP contribution in [0.4, 0.5) is 13.2 Å². The Hall–Kier alpha value is -2.68. The van der Waals surface area contributed by atoms with E-state index in [0.717, 1.165) is 17.0 Å². The van der Waals surface area contributed by atoms with Gasteiger partial charge in [-0.15, -0.1) is 0 Å². The molecule has 0 unspecified atom stereocenters. The number of benzene rings is 1. The first-order valence-corrected chi connectivity index (χ1v) is 8.06. The number of aromatic nitrogens is 3. The van der Waals surface area contributed by atoms with Gasteiger partial charge in [-0.3, -0.25) is 14.0 Å². The molecule has 0 atom stereocenters. The lowest BCUT2D eigenvalue weighted by Crippen LogP contribution is -2.14. The van der Waals surface area contributed by atoms with Crippen LogP contribution in [0.1, 0.15) is 17.4 Å². The van der Waals surface area contributed by atoms with Crippen LogP contribution >= 0.6 is 11.3 Å². The van der Waals surface area contributed by atoms with Crippen molar-refractivity contribution in [1.29, 1.82) is 0 Å². The van der Waals surface area contributed by atoms with E-state index in [9.17, 15) is 18.0 Å². The third kappa shape index (κ3) is 4.05. The van der Waals surface area contributed by atoms with Crippen molar-refractivity contribution in [3.8, 4) is 5.69 Å². The zero-order valence-electron chi connectivity index (χ0n) is 13.1. The summed E-state index contributed by atoms with van der Waals surface area (Å²) in [6.07, 6.45) is 0.800. The number of carbonyl (C=O) groups excluding carboxylic acids is 1. The molecule has 0 aliphatic rings. The predicted molar refractivity (Wildman–Crippen MR) is 86.2 cm³/mol. The van der Waals surface area contributed by atoms with Crippen LogP contribution in [0.5, 0.6) is 0 Å². The fourth-order valence-corrected chi connectivity index (χ4v) is 3.25. The molecule has 2 aromatic heterocycles. The first-order valence-electron chi connectivity index (χ1n) is 7.24. The zero-order valence-corrected chi connectivity index (χ0v) is 13.9. The van der Waals surface area contributed by atoms with Gasteiger partial charge >= 0.3 is 6.18 Å². The highest BCUT2D eigenvalue weighted by atomic mass is 32.1. The topological polar surface area (TPSA) is 52.2 Å². The van der Waals surface area contributed by atoms with E-state index in [-0.39, 0.29) is 5.91 Å². The Morgan fingerprint density at radius 3 is 2.56 bits per heavy atom. The fourth-order valence-electron chi connectivity index (χ4n) is 2.23. The van der Waals surface area contributed by atoms with Crippen molar-refractivity contribution >= 4 is 17.2 Å². The van der Waals surface area contributed by atoms with Gasteiger partial charge in [-0.2, -0.15) is 23.3 Å². The molecule has 0 bridgehead atoms. The molecule has 3 rings (SSSR count). The van der Waals surface area contributed by atoms with E-state index in [2.05, 4.69) is 10.1 Å². The van der Waals surface area contributed by atoms with Crippen LogP contribution in [0.3, 0.4) is 0 Å². The third-order valence-electron chi connectivity index (χ3n) is 3.30. The van der Waals surface area contributed by atoms with Gasteiger partial charge in [-0.1, -0.05) is 11.3 Å². The van der Waals surface area contributed by atoms with Gasteiger partial charge in [0, 0.05) is 36.1 Å². The SMILES string of the molecule is CC(=O)/N=c1\sc(Cn2cccn2)cn1-c1ccc(C(F)(F)F)cc1. The molecule has 0 spiro atoms. The molecule has 5 nitrogen and oxygen atoms in total. The van der Waals surface area contributed by atoms with E-state index >= 15 is 0 Å². The molecular formula is C16H13F3N4OS. The first kappa shape index (κ1) is 17.2. The number of halogens is 3. The maximum Gasteiger partial charge on any atom is 0.416 e. The average Bonchev–Trinajstić information content (AvgIpc) is 3.16. The second-order valence-electron chi connectivity index (χ2n) is 5.23. The molecule has 0 N–H and O–H groups in total. The van der Waals surface area contributed by atoms with Gasteiger partial charge in [0.25, 0.3) is 0 Å². The largest absolute Gasteiger partial charge is 0.416 e. The molecule has 0 saturated heterocycles. The summed E-state index contributed by atoms with van der Waals surface area (Å²) in [4.78, 5) is 16.6. The lowest BCUT2D eigenvalue weighted by Gasteiger charge is -2.08. The number of hydrogen-bond donors (Lipinski definition) is 0. The van der Waals surface area contributed by atoms with Crippen molar-refractivity contribution in [3.63, 3.8) is 0 Å². The predicted octanol–water partition coefficient (Wildman–Crippen LogP) is 3.25. The van der Waals surface area contributed by atoms with Gasteiger partial charge in [-0.05, 0) is 30.3 Å². The summed E-state index contributed by atoms with van der Waals surface area (Å²) in [7, 11) is 0. The second-order valence-corrected chi connectivity index (χ2v) is 6.32. The van der Waals surface area contributed by atoms with Gasteiger partial charge in [0.15, 0.2) is 4.80 Å². The van der Waals surface area contributed by atoms with Gasteiger partial charge in [0.2, 0.25) is 5.91 Å². The van der Waals surface area contributed by atoms with Crippen LogP contribution in [0, 0.1) is 0 Å². The van der Waals surface area contributed by atoms with E-state index in [0.29, 0.717) is 17.0 Å².